The van der Waals surface area contributed by atoms with Crippen molar-refractivity contribution in [2.75, 3.05) is 11.4 Å². The van der Waals surface area contributed by atoms with Crippen molar-refractivity contribution >= 4 is 11.6 Å². The summed E-state index contributed by atoms with van der Waals surface area (Å²) in [5.41, 5.74) is 3.87. The van der Waals surface area contributed by atoms with Crippen molar-refractivity contribution in [2.45, 2.75) is 19.8 Å². The highest BCUT2D eigenvalue weighted by Gasteiger charge is 2.25. The van der Waals surface area contributed by atoms with Crippen LogP contribution in [0.4, 0.5) is 5.69 Å². The molecule has 3 heterocycles. The molecule has 98 valence electrons. The number of pyridine rings is 1. The number of amides is 1. The molecule has 5 heteroatoms. The number of aromatic nitrogens is 3. The first-order chi connectivity index (χ1) is 9.15. The molecule has 5 nitrogen and oxygen atoms in total. The smallest absolute Gasteiger partial charge is 0.231 e. The van der Waals surface area contributed by atoms with Crippen molar-refractivity contribution in [3.8, 4) is 0 Å². The molecule has 19 heavy (non-hydrogen) atoms. The van der Waals surface area contributed by atoms with E-state index in [-0.39, 0.29) is 5.91 Å². The second kappa shape index (κ2) is 4.50. The molecule has 2 aromatic heterocycles. The van der Waals surface area contributed by atoms with Gasteiger partial charge in [0, 0.05) is 38.0 Å². The molecule has 0 unspecified atom stereocenters. The lowest BCUT2D eigenvalue weighted by molar-refractivity contribution is -0.117. The fraction of sp³-hybridized carbons (Fsp3) is 0.357. The molecule has 0 N–H and O–H groups in total. The monoisotopic (exact) mass is 256 g/mol. The first kappa shape index (κ1) is 11.9. The summed E-state index contributed by atoms with van der Waals surface area (Å²) < 4.78 is 1.75. The zero-order chi connectivity index (χ0) is 13.4. The Kier molecular flexibility index (Phi) is 2.81. The molecule has 2 aromatic rings. The van der Waals surface area contributed by atoms with Crippen LogP contribution in [-0.4, -0.2) is 27.2 Å². The van der Waals surface area contributed by atoms with Crippen LogP contribution in [0.25, 0.3) is 0 Å². The number of aryl methyl sites for hydroxylation is 2. The Balaban J connectivity index is 1.81. The van der Waals surface area contributed by atoms with Gasteiger partial charge < -0.3 is 4.90 Å². The first-order valence-corrected chi connectivity index (χ1v) is 6.38. The Hall–Kier alpha value is -2.17. The van der Waals surface area contributed by atoms with Crippen LogP contribution in [0.5, 0.6) is 0 Å². The normalized spacial score (nSPS) is 13.7. The summed E-state index contributed by atoms with van der Waals surface area (Å²) in [6, 6.07) is 3.84. The number of hydrogen-bond donors (Lipinski definition) is 0. The minimum Gasteiger partial charge on any atom is -0.310 e. The number of carbonyl (C=O) groups is 1. The highest BCUT2D eigenvalue weighted by Crippen LogP contribution is 2.26. The highest BCUT2D eigenvalue weighted by atomic mass is 16.2. The lowest BCUT2D eigenvalue weighted by atomic mass is 10.2. The van der Waals surface area contributed by atoms with E-state index in [2.05, 4.69) is 10.1 Å². The molecule has 0 fully saturated rings. The Morgan fingerprint density at radius 3 is 3.05 bits per heavy atom. The molecule has 0 saturated carbocycles. The van der Waals surface area contributed by atoms with Crippen LogP contribution in [0.15, 0.2) is 24.5 Å². The van der Waals surface area contributed by atoms with Crippen LogP contribution in [0, 0.1) is 6.92 Å². The van der Waals surface area contributed by atoms with Crippen LogP contribution < -0.4 is 4.90 Å². The van der Waals surface area contributed by atoms with E-state index in [1.165, 1.54) is 0 Å². The van der Waals surface area contributed by atoms with Crippen molar-refractivity contribution in [3.63, 3.8) is 0 Å². The zero-order valence-electron chi connectivity index (χ0n) is 11.1. The predicted octanol–water partition coefficient (Wildman–Crippen LogP) is 1.26. The molecular formula is C14H16N4O. The fourth-order valence-corrected chi connectivity index (χ4v) is 2.55. The number of anilines is 1. The van der Waals surface area contributed by atoms with E-state index >= 15 is 0 Å². The minimum absolute atomic E-state index is 0.114. The zero-order valence-corrected chi connectivity index (χ0v) is 11.1. The summed E-state index contributed by atoms with van der Waals surface area (Å²) >= 11 is 0. The Morgan fingerprint density at radius 2 is 2.32 bits per heavy atom. The molecule has 0 atom stereocenters. The van der Waals surface area contributed by atoms with E-state index in [4.69, 9.17) is 0 Å². The van der Waals surface area contributed by atoms with Crippen LogP contribution in [0.3, 0.4) is 0 Å². The average Bonchev–Trinajstić information content (AvgIpc) is 2.93. The molecule has 3 rings (SSSR count). The number of fused-ring (bicyclic) bond motifs is 1. The van der Waals surface area contributed by atoms with E-state index in [0.717, 1.165) is 35.6 Å². The van der Waals surface area contributed by atoms with E-state index in [1.807, 2.05) is 37.2 Å². The molecular weight excluding hydrogens is 240 g/mol. The molecule has 0 aromatic carbocycles. The maximum Gasteiger partial charge on any atom is 0.231 e. The second-order valence-electron chi connectivity index (χ2n) is 4.85. The maximum atomic E-state index is 12.4. The van der Waals surface area contributed by atoms with Gasteiger partial charge in [0.2, 0.25) is 5.91 Å². The van der Waals surface area contributed by atoms with Gasteiger partial charge in [0.15, 0.2) is 0 Å². The van der Waals surface area contributed by atoms with Gasteiger partial charge in [-0.1, -0.05) is 0 Å². The second-order valence-corrected chi connectivity index (χ2v) is 4.85. The Bertz CT molecular complexity index is 632. The molecule has 0 radical (unpaired) electrons. The van der Waals surface area contributed by atoms with Crippen molar-refractivity contribution in [2.24, 2.45) is 7.05 Å². The van der Waals surface area contributed by atoms with Gasteiger partial charge in [0.1, 0.15) is 0 Å². The Morgan fingerprint density at radius 1 is 1.47 bits per heavy atom. The molecule has 0 bridgehead atoms. The molecule has 0 saturated heterocycles. The molecule has 1 aliphatic rings. The third-order valence-electron chi connectivity index (χ3n) is 3.49. The summed E-state index contributed by atoms with van der Waals surface area (Å²) in [6.45, 7) is 2.66. The molecule has 1 aliphatic heterocycles. The van der Waals surface area contributed by atoms with E-state index < -0.39 is 0 Å². The number of nitrogens with zero attached hydrogens (tertiary/aromatic N) is 4. The highest BCUT2D eigenvalue weighted by molar-refractivity contribution is 5.96. The number of rotatable bonds is 2. The van der Waals surface area contributed by atoms with Gasteiger partial charge in [-0.15, -0.1) is 0 Å². The van der Waals surface area contributed by atoms with Gasteiger partial charge in [-0.25, -0.2) is 0 Å². The van der Waals surface area contributed by atoms with Crippen LogP contribution >= 0.6 is 0 Å². The fourth-order valence-electron chi connectivity index (χ4n) is 2.55. The topological polar surface area (TPSA) is 51.0 Å². The van der Waals surface area contributed by atoms with E-state index in [0.29, 0.717) is 6.42 Å². The molecule has 0 spiro atoms. The van der Waals surface area contributed by atoms with Crippen molar-refractivity contribution in [1.82, 2.24) is 14.8 Å². The largest absolute Gasteiger partial charge is 0.310 e. The lowest BCUT2D eigenvalue weighted by Gasteiger charge is -2.16. The third-order valence-corrected chi connectivity index (χ3v) is 3.49. The average molecular weight is 256 g/mol. The van der Waals surface area contributed by atoms with Gasteiger partial charge in [0.25, 0.3) is 0 Å². The summed E-state index contributed by atoms with van der Waals surface area (Å²) in [5, 5.41) is 4.27. The minimum atomic E-state index is 0.114. The quantitative estimate of drug-likeness (QED) is 0.812. The molecule has 1 amide bonds. The Labute approximate surface area is 111 Å². The van der Waals surface area contributed by atoms with Crippen molar-refractivity contribution in [3.05, 3.63) is 41.5 Å². The molecule has 0 aliphatic carbocycles. The number of hydrogen-bond acceptors (Lipinski definition) is 3. The van der Waals surface area contributed by atoms with Gasteiger partial charge >= 0.3 is 0 Å². The van der Waals surface area contributed by atoms with Crippen LogP contribution in [0.1, 0.15) is 17.0 Å². The SMILES string of the molecule is Cc1nn(C)cc1CC(=O)N1CCc2ncccc21. The van der Waals surface area contributed by atoms with Crippen molar-refractivity contribution < 1.29 is 4.79 Å². The summed E-state index contributed by atoms with van der Waals surface area (Å²) in [6.07, 6.45) is 4.92. The van der Waals surface area contributed by atoms with Crippen molar-refractivity contribution in [1.29, 1.82) is 0 Å². The lowest BCUT2D eigenvalue weighted by Crippen LogP contribution is -2.30. The van der Waals surface area contributed by atoms with Gasteiger partial charge in [-0.3, -0.25) is 14.5 Å². The number of carbonyl (C=O) groups excluding carboxylic acids is 1. The third kappa shape index (κ3) is 2.12. The summed E-state index contributed by atoms with van der Waals surface area (Å²) in [4.78, 5) is 18.5. The standard InChI is InChI=1S/C14H16N4O/c1-10-11(9-17(2)16-10)8-14(19)18-7-5-12-13(18)4-3-6-15-12/h3-4,6,9H,5,7-8H2,1-2H3. The van der Waals surface area contributed by atoms with Gasteiger partial charge in [-0.2, -0.15) is 5.10 Å². The van der Waals surface area contributed by atoms with Gasteiger partial charge in [-0.05, 0) is 19.1 Å². The van der Waals surface area contributed by atoms with E-state index in [1.54, 1.807) is 10.9 Å². The summed E-state index contributed by atoms with van der Waals surface area (Å²) in [7, 11) is 1.87. The van der Waals surface area contributed by atoms with Gasteiger partial charge in [0.05, 0.1) is 23.5 Å². The van der Waals surface area contributed by atoms with Crippen LogP contribution in [0.2, 0.25) is 0 Å². The maximum absolute atomic E-state index is 12.4. The van der Waals surface area contributed by atoms with Crippen LogP contribution in [-0.2, 0) is 24.7 Å². The predicted molar refractivity (Wildman–Crippen MR) is 71.9 cm³/mol. The first-order valence-electron chi connectivity index (χ1n) is 6.38. The van der Waals surface area contributed by atoms with E-state index in [9.17, 15) is 4.79 Å². The summed E-state index contributed by atoms with van der Waals surface area (Å²) in [5.74, 6) is 0.114.